The minimum atomic E-state index is -0.925. The zero-order valence-electron chi connectivity index (χ0n) is 12.2. The Balaban J connectivity index is 1.99. The molecule has 3 N–H and O–H groups in total. The standard InChI is InChI=1S/C15H20N2O4/c1-9(14(19)20)8-17(2)15(21)16-12-7-6-11-10(12)4-3-5-13(11)18/h3-5,9,12,18H,6-8H2,1-2H3,(H,16,21)(H,19,20). The zero-order valence-corrected chi connectivity index (χ0v) is 12.2. The highest BCUT2D eigenvalue weighted by atomic mass is 16.4. The molecule has 0 saturated carbocycles. The quantitative estimate of drug-likeness (QED) is 0.788. The van der Waals surface area contributed by atoms with Crippen molar-refractivity contribution < 1.29 is 19.8 Å². The highest BCUT2D eigenvalue weighted by Gasteiger charge is 2.27. The third kappa shape index (κ3) is 3.26. The lowest BCUT2D eigenvalue weighted by Gasteiger charge is -2.23. The van der Waals surface area contributed by atoms with Crippen molar-refractivity contribution in [2.75, 3.05) is 13.6 Å². The molecule has 114 valence electrons. The van der Waals surface area contributed by atoms with Crippen LogP contribution in [0.3, 0.4) is 0 Å². The molecular weight excluding hydrogens is 272 g/mol. The molecule has 2 atom stereocenters. The van der Waals surface area contributed by atoms with Gasteiger partial charge in [-0.2, -0.15) is 0 Å². The Bertz CT molecular complexity index is 559. The van der Waals surface area contributed by atoms with Crippen LogP contribution in [0.4, 0.5) is 4.79 Å². The van der Waals surface area contributed by atoms with Gasteiger partial charge in [0, 0.05) is 13.6 Å². The maximum atomic E-state index is 12.1. The molecule has 21 heavy (non-hydrogen) atoms. The minimum Gasteiger partial charge on any atom is -0.508 e. The lowest BCUT2D eigenvalue weighted by Crippen LogP contribution is -2.41. The van der Waals surface area contributed by atoms with Crippen LogP contribution in [0.5, 0.6) is 5.75 Å². The Morgan fingerprint density at radius 2 is 2.19 bits per heavy atom. The molecule has 0 heterocycles. The molecule has 0 bridgehead atoms. The molecule has 1 aromatic rings. The normalized spacial score (nSPS) is 17.9. The molecule has 0 spiro atoms. The summed E-state index contributed by atoms with van der Waals surface area (Å²) < 4.78 is 0. The molecule has 2 unspecified atom stereocenters. The molecule has 2 amide bonds. The Labute approximate surface area is 123 Å². The van der Waals surface area contributed by atoms with E-state index in [-0.39, 0.29) is 24.4 Å². The number of fused-ring (bicyclic) bond motifs is 1. The molecular formula is C15H20N2O4. The number of nitrogens with zero attached hydrogens (tertiary/aromatic N) is 1. The first-order valence-corrected chi connectivity index (χ1v) is 6.95. The number of urea groups is 1. The third-order valence-corrected chi connectivity index (χ3v) is 3.86. The van der Waals surface area contributed by atoms with E-state index in [4.69, 9.17) is 5.11 Å². The molecule has 0 fully saturated rings. The average Bonchev–Trinajstić information content (AvgIpc) is 2.83. The summed E-state index contributed by atoms with van der Waals surface area (Å²) in [6.45, 7) is 1.72. The molecule has 6 nitrogen and oxygen atoms in total. The predicted octanol–water partition coefficient (Wildman–Crippen LogP) is 1.74. The number of carbonyl (C=O) groups excluding carboxylic acids is 1. The van der Waals surface area contributed by atoms with Gasteiger partial charge in [-0.1, -0.05) is 19.1 Å². The number of nitrogens with one attached hydrogen (secondary N) is 1. The lowest BCUT2D eigenvalue weighted by atomic mass is 10.1. The average molecular weight is 292 g/mol. The Morgan fingerprint density at radius 3 is 2.86 bits per heavy atom. The van der Waals surface area contributed by atoms with Gasteiger partial charge in [-0.15, -0.1) is 0 Å². The first-order chi connectivity index (χ1) is 9.90. The first kappa shape index (κ1) is 15.2. The Morgan fingerprint density at radius 1 is 1.48 bits per heavy atom. The number of phenols is 1. The summed E-state index contributed by atoms with van der Waals surface area (Å²) in [5.74, 6) is -1.27. The van der Waals surface area contributed by atoms with Crippen LogP contribution in [0.1, 0.15) is 30.5 Å². The van der Waals surface area contributed by atoms with E-state index in [1.807, 2.05) is 6.07 Å². The maximum Gasteiger partial charge on any atom is 0.317 e. The van der Waals surface area contributed by atoms with Crippen molar-refractivity contribution in [3.05, 3.63) is 29.3 Å². The van der Waals surface area contributed by atoms with Crippen molar-refractivity contribution in [2.24, 2.45) is 5.92 Å². The molecule has 1 aromatic carbocycles. The number of carboxylic acid groups (broad SMARTS) is 1. The minimum absolute atomic E-state index is 0.137. The highest BCUT2D eigenvalue weighted by molar-refractivity contribution is 5.76. The summed E-state index contributed by atoms with van der Waals surface area (Å²) in [5, 5.41) is 21.5. The molecule has 0 aromatic heterocycles. The molecule has 6 heteroatoms. The predicted molar refractivity (Wildman–Crippen MR) is 77.1 cm³/mol. The van der Waals surface area contributed by atoms with Gasteiger partial charge in [0.25, 0.3) is 0 Å². The summed E-state index contributed by atoms with van der Waals surface area (Å²) in [7, 11) is 1.58. The summed E-state index contributed by atoms with van der Waals surface area (Å²) in [5.41, 5.74) is 1.81. The second-order valence-electron chi connectivity index (χ2n) is 5.51. The first-order valence-electron chi connectivity index (χ1n) is 6.95. The van der Waals surface area contributed by atoms with Gasteiger partial charge in [0.1, 0.15) is 5.75 Å². The van der Waals surface area contributed by atoms with Crippen LogP contribution in [0, 0.1) is 5.92 Å². The number of carbonyl (C=O) groups is 2. The van der Waals surface area contributed by atoms with Crippen LogP contribution >= 0.6 is 0 Å². The van der Waals surface area contributed by atoms with Crippen molar-refractivity contribution in [3.8, 4) is 5.75 Å². The van der Waals surface area contributed by atoms with E-state index in [1.165, 1.54) is 4.90 Å². The van der Waals surface area contributed by atoms with Crippen LogP contribution in [0.25, 0.3) is 0 Å². The zero-order chi connectivity index (χ0) is 15.6. The van der Waals surface area contributed by atoms with Crippen LogP contribution in [-0.2, 0) is 11.2 Å². The summed E-state index contributed by atoms with van der Waals surface area (Å²) in [4.78, 5) is 24.3. The van der Waals surface area contributed by atoms with Gasteiger partial charge < -0.3 is 20.4 Å². The molecule has 0 saturated heterocycles. The number of amides is 2. The van der Waals surface area contributed by atoms with Gasteiger partial charge in [0.05, 0.1) is 12.0 Å². The van der Waals surface area contributed by atoms with Gasteiger partial charge in [-0.3, -0.25) is 4.79 Å². The number of carboxylic acids is 1. The number of hydrogen-bond donors (Lipinski definition) is 3. The number of aliphatic carboxylic acids is 1. The van der Waals surface area contributed by atoms with Gasteiger partial charge >= 0.3 is 12.0 Å². The summed E-state index contributed by atoms with van der Waals surface area (Å²) >= 11 is 0. The van der Waals surface area contributed by atoms with Gasteiger partial charge in [-0.05, 0) is 30.0 Å². The second kappa shape index (κ2) is 6.03. The van der Waals surface area contributed by atoms with Gasteiger partial charge in [-0.25, -0.2) is 4.79 Å². The van der Waals surface area contributed by atoms with Crippen LogP contribution in [0.2, 0.25) is 0 Å². The lowest BCUT2D eigenvalue weighted by molar-refractivity contribution is -0.141. The number of hydrogen-bond acceptors (Lipinski definition) is 3. The molecule has 2 rings (SSSR count). The molecule has 1 aliphatic carbocycles. The highest BCUT2D eigenvalue weighted by Crippen LogP contribution is 2.36. The van der Waals surface area contributed by atoms with E-state index in [2.05, 4.69) is 5.32 Å². The van der Waals surface area contributed by atoms with E-state index in [0.29, 0.717) is 0 Å². The SMILES string of the molecule is CC(CN(C)C(=O)NC1CCc2c(O)cccc21)C(=O)O. The molecule has 0 aliphatic heterocycles. The maximum absolute atomic E-state index is 12.1. The number of phenolic OH excluding ortho intramolecular Hbond substituents is 1. The summed E-state index contributed by atoms with van der Waals surface area (Å²) in [6, 6.07) is 4.86. The van der Waals surface area contributed by atoms with E-state index in [0.717, 1.165) is 24.0 Å². The van der Waals surface area contributed by atoms with Crippen molar-refractivity contribution >= 4 is 12.0 Å². The van der Waals surface area contributed by atoms with E-state index in [1.54, 1.807) is 26.1 Å². The van der Waals surface area contributed by atoms with Crippen LogP contribution in [0.15, 0.2) is 18.2 Å². The number of benzene rings is 1. The van der Waals surface area contributed by atoms with Crippen molar-refractivity contribution in [1.82, 2.24) is 10.2 Å². The Kier molecular flexibility index (Phi) is 4.35. The largest absolute Gasteiger partial charge is 0.508 e. The van der Waals surface area contributed by atoms with Crippen LogP contribution in [-0.4, -0.2) is 40.7 Å². The topological polar surface area (TPSA) is 89.9 Å². The Hall–Kier alpha value is -2.24. The van der Waals surface area contributed by atoms with Crippen LogP contribution < -0.4 is 5.32 Å². The molecule has 0 radical (unpaired) electrons. The molecule has 1 aliphatic rings. The fraction of sp³-hybridized carbons (Fsp3) is 0.467. The van der Waals surface area contributed by atoms with E-state index >= 15 is 0 Å². The monoisotopic (exact) mass is 292 g/mol. The van der Waals surface area contributed by atoms with Gasteiger partial charge in [0.15, 0.2) is 0 Å². The van der Waals surface area contributed by atoms with Crippen molar-refractivity contribution in [2.45, 2.75) is 25.8 Å². The number of aromatic hydroxyl groups is 1. The van der Waals surface area contributed by atoms with Crippen molar-refractivity contribution in [3.63, 3.8) is 0 Å². The number of rotatable bonds is 4. The van der Waals surface area contributed by atoms with Gasteiger partial charge in [0.2, 0.25) is 0 Å². The second-order valence-corrected chi connectivity index (χ2v) is 5.51. The summed E-state index contributed by atoms with van der Waals surface area (Å²) in [6.07, 6.45) is 1.46. The van der Waals surface area contributed by atoms with E-state index < -0.39 is 11.9 Å². The van der Waals surface area contributed by atoms with E-state index in [9.17, 15) is 14.7 Å². The third-order valence-electron chi connectivity index (χ3n) is 3.86. The fourth-order valence-corrected chi connectivity index (χ4v) is 2.62. The smallest absolute Gasteiger partial charge is 0.317 e. The fourth-order valence-electron chi connectivity index (χ4n) is 2.62. The van der Waals surface area contributed by atoms with Crippen molar-refractivity contribution in [1.29, 1.82) is 0 Å².